The van der Waals surface area contributed by atoms with Crippen LogP contribution in [0.25, 0.3) is 17.4 Å². The van der Waals surface area contributed by atoms with E-state index in [1.807, 2.05) is 0 Å². The number of carboxylic acids is 1. The number of benzene rings is 1. The maximum atomic E-state index is 12.3. The predicted octanol–water partition coefficient (Wildman–Crippen LogP) is 3.90. The van der Waals surface area contributed by atoms with E-state index < -0.39 is 23.3 Å². The quantitative estimate of drug-likeness (QED) is 0.304. The molecule has 138 valence electrons. The van der Waals surface area contributed by atoms with Crippen molar-refractivity contribution in [3.05, 3.63) is 55.6 Å². The maximum absolute atomic E-state index is 12.3. The number of hydrogen-bond donors (Lipinski definition) is 1. The van der Waals surface area contributed by atoms with Gasteiger partial charge in [0.25, 0.3) is 11.6 Å². The monoisotopic (exact) mass is 468 g/mol. The zero-order chi connectivity index (χ0) is 19.7. The Morgan fingerprint density at radius 2 is 2.15 bits per heavy atom. The molecular formula is C16H9BrN2O6S2. The fourth-order valence-corrected chi connectivity index (χ4v) is 4.09. The minimum Gasteiger partial charge on any atom is -0.480 e. The standard InChI is InChI=1S/C16H9BrN2O6S2/c17-11-5-8(19(23)24)1-3-10(11)12-4-2-9(25-12)6-13-15(22)18(7-14(20)21)16(26)27-13/h1-6H,7H2,(H,20,21)/b13-6-. The van der Waals surface area contributed by atoms with Crippen molar-refractivity contribution in [1.82, 2.24) is 4.90 Å². The number of nitro benzene ring substituents is 1. The van der Waals surface area contributed by atoms with Crippen molar-refractivity contribution < 1.29 is 24.0 Å². The average Bonchev–Trinajstić information content (AvgIpc) is 3.15. The Labute approximate surface area is 170 Å². The Hall–Kier alpha value is -2.50. The molecule has 0 unspecified atom stereocenters. The van der Waals surface area contributed by atoms with Gasteiger partial charge in [-0.05, 0) is 34.1 Å². The number of carbonyl (C=O) groups is 2. The second-order valence-corrected chi connectivity index (χ2v) is 7.81. The van der Waals surface area contributed by atoms with Crippen molar-refractivity contribution >= 4 is 67.9 Å². The van der Waals surface area contributed by atoms with Crippen molar-refractivity contribution in [2.45, 2.75) is 0 Å². The molecule has 1 aromatic carbocycles. The Bertz CT molecular complexity index is 1020. The van der Waals surface area contributed by atoms with E-state index in [-0.39, 0.29) is 14.9 Å². The zero-order valence-corrected chi connectivity index (χ0v) is 16.5. The van der Waals surface area contributed by atoms with Gasteiger partial charge in [-0.1, -0.05) is 24.0 Å². The lowest BCUT2D eigenvalue weighted by Gasteiger charge is -2.09. The molecule has 1 amide bonds. The molecule has 3 rings (SSSR count). The summed E-state index contributed by atoms with van der Waals surface area (Å²) < 4.78 is 6.35. The largest absolute Gasteiger partial charge is 0.480 e. The Morgan fingerprint density at radius 1 is 1.41 bits per heavy atom. The average molecular weight is 469 g/mol. The summed E-state index contributed by atoms with van der Waals surface area (Å²) in [6.07, 6.45) is 1.48. The van der Waals surface area contributed by atoms with E-state index in [0.717, 1.165) is 16.7 Å². The molecule has 1 fully saturated rings. The Balaban J connectivity index is 1.86. The third-order valence-corrected chi connectivity index (χ3v) is 5.53. The zero-order valence-electron chi connectivity index (χ0n) is 13.2. The molecule has 1 aliphatic rings. The second kappa shape index (κ2) is 7.62. The first kappa shape index (κ1) is 19.3. The van der Waals surface area contributed by atoms with Gasteiger partial charge in [-0.25, -0.2) is 0 Å². The van der Waals surface area contributed by atoms with E-state index in [2.05, 4.69) is 15.9 Å². The van der Waals surface area contributed by atoms with Crippen LogP contribution in [0.2, 0.25) is 0 Å². The van der Waals surface area contributed by atoms with Gasteiger partial charge in [0.1, 0.15) is 22.4 Å². The summed E-state index contributed by atoms with van der Waals surface area (Å²) in [5, 5.41) is 19.7. The highest BCUT2D eigenvalue weighted by Gasteiger charge is 2.33. The van der Waals surface area contributed by atoms with Crippen LogP contribution in [0.5, 0.6) is 0 Å². The van der Waals surface area contributed by atoms with Crippen LogP contribution in [-0.2, 0) is 9.59 Å². The lowest BCUT2D eigenvalue weighted by atomic mass is 10.1. The van der Waals surface area contributed by atoms with Crippen molar-refractivity contribution in [2.75, 3.05) is 6.54 Å². The number of amides is 1. The number of non-ortho nitro benzene ring substituents is 1. The minimum absolute atomic E-state index is 0.0560. The summed E-state index contributed by atoms with van der Waals surface area (Å²) in [6, 6.07) is 7.58. The number of nitrogens with zero attached hydrogens (tertiary/aromatic N) is 2. The number of furan rings is 1. The first-order valence-corrected chi connectivity index (χ1v) is 9.29. The molecule has 1 N–H and O–H groups in total. The highest BCUT2D eigenvalue weighted by atomic mass is 79.9. The first-order valence-electron chi connectivity index (χ1n) is 7.27. The number of hydrogen-bond acceptors (Lipinski definition) is 7. The van der Waals surface area contributed by atoms with Crippen LogP contribution in [0.15, 0.2) is 44.1 Å². The van der Waals surface area contributed by atoms with Gasteiger partial charge in [0, 0.05) is 28.2 Å². The molecule has 27 heavy (non-hydrogen) atoms. The molecule has 0 radical (unpaired) electrons. The predicted molar refractivity (Wildman–Crippen MR) is 106 cm³/mol. The van der Waals surface area contributed by atoms with Gasteiger partial charge in [0.15, 0.2) is 0 Å². The molecule has 1 aliphatic heterocycles. The summed E-state index contributed by atoms with van der Waals surface area (Å²) in [5.74, 6) is -0.840. The van der Waals surface area contributed by atoms with Gasteiger partial charge < -0.3 is 9.52 Å². The summed E-state index contributed by atoms with van der Waals surface area (Å²) in [4.78, 5) is 34.7. The second-order valence-electron chi connectivity index (χ2n) is 5.28. The minimum atomic E-state index is -1.16. The molecule has 0 bridgehead atoms. The number of aliphatic carboxylic acids is 1. The number of thiocarbonyl (C=S) groups is 1. The summed E-state index contributed by atoms with van der Waals surface area (Å²) >= 11 is 9.31. The topological polar surface area (TPSA) is 114 Å². The maximum Gasteiger partial charge on any atom is 0.323 e. The van der Waals surface area contributed by atoms with Crippen molar-refractivity contribution in [3.8, 4) is 11.3 Å². The lowest BCUT2D eigenvalue weighted by Crippen LogP contribution is -2.33. The SMILES string of the molecule is O=C(O)CN1C(=O)/C(=C/c2ccc(-c3ccc([N+](=O)[O-])cc3Br)o2)SC1=S. The molecule has 2 heterocycles. The highest BCUT2D eigenvalue weighted by Crippen LogP contribution is 2.35. The molecule has 1 aromatic heterocycles. The van der Waals surface area contributed by atoms with Gasteiger partial charge in [-0.2, -0.15) is 0 Å². The van der Waals surface area contributed by atoms with E-state index in [4.69, 9.17) is 21.7 Å². The van der Waals surface area contributed by atoms with Crippen molar-refractivity contribution in [3.63, 3.8) is 0 Å². The van der Waals surface area contributed by atoms with Gasteiger partial charge >= 0.3 is 5.97 Å². The van der Waals surface area contributed by atoms with Crippen LogP contribution in [0, 0.1) is 10.1 Å². The lowest BCUT2D eigenvalue weighted by molar-refractivity contribution is -0.384. The number of carboxylic acid groups (broad SMARTS) is 1. The molecular weight excluding hydrogens is 460 g/mol. The molecule has 11 heteroatoms. The number of nitro groups is 1. The summed E-state index contributed by atoms with van der Waals surface area (Å²) in [6.45, 7) is -0.499. The van der Waals surface area contributed by atoms with Gasteiger partial charge in [0.2, 0.25) is 0 Å². The van der Waals surface area contributed by atoms with Gasteiger partial charge in [-0.15, -0.1) is 0 Å². The molecule has 1 saturated heterocycles. The fraction of sp³-hybridized carbons (Fsp3) is 0.0625. The third-order valence-electron chi connectivity index (χ3n) is 3.50. The molecule has 8 nitrogen and oxygen atoms in total. The van der Waals surface area contributed by atoms with Crippen molar-refractivity contribution in [2.24, 2.45) is 0 Å². The van der Waals surface area contributed by atoms with Crippen LogP contribution in [0.1, 0.15) is 5.76 Å². The van der Waals surface area contributed by atoms with Crippen LogP contribution in [0.4, 0.5) is 5.69 Å². The number of thioether (sulfide) groups is 1. The van der Waals surface area contributed by atoms with Crippen LogP contribution < -0.4 is 0 Å². The number of halogens is 1. The normalized spacial score (nSPS) is 15.6. The number of carbonyl (C=O) groups excluding carboxylic acids is 1. The van der Waals surface area contributed by atoms with E-state index >= 15 is 0 Å². The fourth-order valence-electron chi connectivity index (χ4n) is 2.29. The smallest absolute Gasteiger partial charge is 0.323 e. The molecule has 0 spiro atoms. The van der Waals surface area contributed by atoms with Gasteiger partial charge in [-0.3, -0.25) is 24.6 Å². The Kier molecular flexibility index (Phi) is 5.44. The molecule has 0 saturated carbocycles. The van der Waals surface area contributed by atoms with Crippen LogP contribution in [0.3, 0.4) is 0 Å². The van der Waals surface area contributed by atoms with E-state index in [9.17, 15) is 19.7 Å². The first-order chi connectivity index (χ1) is 12.8. The van der Waals surface area contributed by atoms with Gasteiger partial charge in [0.05, 0.1) is 9.83 Å². The highest BCUT2D eigenvalue weighted by molar-refractivity contribution is 9.10. The number of rotatable bonds is 5. The molecule has 2 aromatic rings. The summed E-state index contributed by atoms with van der Waals surface area (Å²) in [7, 11) is 0. The van der Waals surface area contributed by atoms with Crippen LogP contribution in [-0.4, -0.2) is 37.7 Å². The molecule has 0 atom stereocenters. The molecule has 0 aliphatic carbocycles. The van der Waals surface area contributed by atoms with E-state index in [1.165, 1.54) is 18.2 Å². The van der Waals surface area contributed by atoms with Crippen LogP contribution >= 0.6 is 39.9 Å². The van der Waals surface area contributed by atoms with Crippen molar-refractivity contribution in [1.29, 1.82) is 0 Å². The Morgan fingerprint density at radius 3 is 2.78 bits per heavy atom. The third kappa shape index (κ3) is 4.10. The van der Waals surface area contributed by atoms with E-state index in [1.54, 1.807) is 18.2 Å². The van der Waals surface area contributed by atoms with E-state index in [0.29, 0.717) is 21.6 Å². The summed E-state index contributed by atoms with van der Waals surface area (Å²) in [5.41, 5.74) is 0.554.